The van der Waals surface area contributed by atoms with Gasteiger partial charge < -0.3 is 9.72 Å². The van der Waals surface area contributed by atoms with Crippen LogP contribution in [-0.4, -0.2) is 39.3 Å². The molecule has 0 radical (unpaired) electrons. The zero-order valence-electron chi connectivity index (χ0n) is 17.6. The Balaban J connectivity index is 1.41. The first-order valence-electron chi connectivity index (χ1n) is 11.5. The fraction of sp³-hybridized carbons (Fsp3) is 0.609. The van der Waals surface area contributed by atoms with E-state index in [9.17, 15) is 5.26 Å². The number of hydrogen-bond donors (Lipinski definition) is 1. The van der Waals surface area contributed by atoms with Crippen molar-refractivity contribution in [3.8, 4) is 5.97 Å². The summed E-state index contributed by atoms with van der Waals surface area (Å²) in [5.41, 5.74) is 5.56. The average Bonchev–Trinajstić information content (AvgIpc) is 3.36. The van der Waals surface area contributed by atoms with Crippen molar-refractivity contribution in [2.45, 2.75) is 74.8 Å². The van der Waals surface area contributed by atoms with Crippen LogP contribution in [0.4, 0.5) is 0 Å². The molecular formula is C23H28BN5O. The maximum absolute atomic E-state index is 9.79. The van der Waals surface area contributed by atoms with Gasteiger partial charge in [-0.05, 0) is 48.3 Å². The van der Waals surface area contributed by atoms with Crippen LogP contribution in [0.2, 0.25) is 11.1 Å². The Morgan fingerprint density at radius 2 is 2.13 bits per heavy atom. The smallest absolute Gasteiger partial charge is 0.277 e. The van der Waals surface area contributed by atoms with Crippen LogP contribution < -0.4 is 0 Å². The second-order valence-electron chi connectivity index (χ2n) is 9.92. The highest BCUT2D eigenvalue weighted by molar-refractivity contribution is 6.71. The molecule has 6 rings (SSSR count). The Labute approximate surface area is 177 Å². The number of fused-ring (bicyclic) bond motifs is 3. The van der Waals surface area contributed by atoms with Crippen LogP contribution in [0.3, 0.4) is 0 Å². The van der Waals surface area contributed by atoms with Gasteiger partial charge in [0.1, 0.15) is 0 Å². The summed E-state index contributed by atoms with van der Waals surface area (Å²) in [6, 6.07) is 0. The Bertz CT molecular complexity index is 1130. The fourth-order valence-corrected chi connectivity index (χ4v) is 6.62. The molecule has 2 unspecified atom stereocenters. The molecule has 1 spiro atoms. The average molecular weight is 401 g/mol. The van der Waals surface area contributed by atoms with Crippen molar-refractivity contribution >= 4 is 23.5 Å². The maximum Gasteiger partial charge on any atom is 0.277 e. The lowest BCUT2D eigenvalue weighted by molar-refractivity contribution is 0.0856. The Hall–Kier alpha value is -2.33. The molecule has 0 aromatic carbocycles. The molecule has 3 aromatic rings. The van der Waals surface area contributed by atoms with E-state index >= 15 is 0 Å². The second-order valence-corrected chi connectivity index (χ2v) is 9.92. The van der Waals surface area contributed by atoms with Gasteiger partial charge in [0.15, 0.2) is 11.3 Å². The van der Waals surface area contributed by atoms with Gasteiger partial charge in [-0.2, -0.15) is 0 Å². The molecular weight excluding hydrogens is 373 g/mol. The van der Waals surface area contributed by atoms with E-state index in [1.54, 1.807) is 0 Å². The van der Waals surface area contributed by atoms with Crippen LogP contribution in [-0.2, 0) is 4.74 Å². The van der Waals surface area contributed by atoms with Crippen molar-refractivity contribution in [1.29, 1.82) is 5.26 Å². The van der Waals surface area contributed by atoms with Crippen LogP contribution >= 0.6 is 0 Å². The summed E-state index contributed by atoms with van der Waals surface area (Å²) in [4.78, 5) is 13.1. The Morgan fingerprint density at radius 1 is 1.30 bits per heavy atom. The molecule has 3 aliphatic rings. The lowest BCUT2D eigenvalue weighted by Gasteiger charge is -2.51. The van der Waals surface area contributed by atoms with E-state index in [4.69, 9.17) is 9.72 Å². The number of aromatic nitrogens is 4. The van der Waals surface area contributed by atoms with Crippen molar-refractivity contribution in [2.24, 2.45) is 0 Å². The van der Waals surface area contributed by atoms with E-state index in [1.165, 1.54) is 36.0 Å². The van der Waals surface area contributed by atoms with Crippen LogP contribution in [0, 0.1) is 11.2 Å². The van der Waals surface area contributed by atoms with Gasteiger partial charge in [0.2, 0.25) is 0 Å². The summed E-state index contributed by atoms with van der Waals surface area (Å²) in [5, 5.41) is 10.0. The van der Waals surface area contributed by atoms with Crippen LogP contribution in [0.25, 0.3) is 16.8 Å². The third-order valence-electron chi connectivity index (χ3n) is 8.27. The van der Waals surface area contributed by atoms with Gasteiger partial charge in [0, 0.05) is 37.5 Å². The third-order valence-corrected chi connectivity index (χ3v) is 8.27. The minimum Gasteiger partial charge on any atom is -0.381 e. The van der Waals surface area contributed by atoms with E-state index in [0.29, 0.717) is 17.7 Å². The molecule has 2 saturated heterocycles. The molecule has 3 aromatic heterocycles. The highest BCUT2D eigenvalue weighted by Gasteiger charge is 2.54. The predicted molar refractivity (Wildman–Crippen MR) is 117 cm³/mol. The van der Waals surface area contributed by atoms with E-state index in [1.807, 2.05) is 6.20 Å². The number of hydrogen-bond acceptors (Lipinski definition) is 4. The molecule has 0 bridgehead atoms. The number of nitrogens with one attached hydrogen (secondary N) is 1. The normalized spacial score (nSPS) is 26.9. The monoisotopic (exact) mass is 401 g/mol. The minimum atomic E-state index is 0.206. The molecule has 1 N–H and O–H groups in total. The number of nitriles is 1. The van der Waals surface area contributed by atoms with Gasteiger partial charge in [-0.1, -0.05) is 26.2 Å². The first-order chi connectivity index (χ1) is 14.7. The van der Waals surface area contributed by atoms with Crippen LogP contribution in [0.5, 0.6) is 0 Å². The molecule has 30 heavy (non-hydrogen) atoms. The summed E-state index contributed by atoms with van der Waals surface area (Å²) in [5.74, 6) is 4.04. The summed E-state index contributed by atoms with van der Waals surface area (Å²) in [6.45, 7) is 4.14. The number of rotatable bonds is 2. The van der Waals surface area contributed by atoms with Gasteiger partial charge in [-0.15, -0.1) is 0 Å². The topological polar surface area (TPSA) is 79.0 Å². The fourth-order valence-electron chi connectivity index (χ4n) is 6.62. The molecule has 5 heterocycles. The number of nitrogens with zero attached hydrogens (tertiary/aromatic N) is 4. The van der Waals surface area contributed by atoms with Crippen molar-refractivity contribution in [3.05, 3.63) is 29.8 Å². The summed E-state index contributed by atoms with van der Waals surface area (Å²) >= 11 is 0. The second kappa shape index (κ2) is 6.85. The molecule has 2 atom stereocenters. The Morgan fingerprint density at radius 3 is 2.87 bits per heavy atom. The standard InChI is InChI=1S/C23H28BN5O/c1-15-9-17(10-23(5-2-6-23)24(15)14-25)19-13-29-20(28-19)12-27-22-21(29)18(11-26-22)16-3-7-30-8-4-16/h11-13,15-17,26H,2-10H2,1H3. The molecule has 6 nitrogen and oxygen atoms in total. The van der Waals surface area contributed by atoms with Crippen LogP contribution in [0.15, 0.2) is 18.6 Å². The highest BCUT2D eigenvalue weighted by atomic mass is 16.5. The van der Waals surface area contributed by atoms with E-state index < -0.39 is 0 Å². The van der Waals surface area contributed by atoms with E-state index in [-0.39, 0.29) is 12.0 Å². The number of aromatic amines is 1. The number of imidazole rings is 1. The minimum absolute atomic E-state index is 0.206. The van der Waals surface area contributed by atoms with Crippen molar-refractivity contribution in [2.75, 3.05) is 13.2 Å². The molecule has 2 aliphatic heterocycles. The molecule has 1 saturated carbocycles. The molecule has 0 amide bonds. The van der Waals surface area contributed by atoms with E-state index in [2.05, 4.69) is 39.7 Å². The first kappa shape index (κ1) is 18.4. The van der Waals surface area contributed by atoms with Crippen molar-refractivity contribution < 1.29 is 4.74 Å². The van der Waals surface area contributed by atoms with Gasteiger partial charge in [0.05, 0.1) is 17.4 Å². The first-order valence-corrected chi connectivity index (χ1v) is 11.5. The van der Waals surface area contributed by atoms with Crippen molar-refractivity contribution in [1.82, 2.24) is 19.4 Å². The summed E-state index contributed by atoms with van der Waals surface area (Å²) < 4.78 is 7.83. The molecule has 1 aliphatic carbocycles. The number of H-pyrrole nitrogens is 1. The zero-order chi connectivity index (χ0) is 20.3. The SMILES string of the molecule is CC1CC(c2cn3c(cnc4[nH]cc(C5CCOCC5)c43)n2)CC2(CCC2)B1C#N. The highest BCUT2D eigenvalue weighted by Crippen LogP contribution is 2.62. The van der Waals surface area contributed by atoms with Gasteiger partial charge in [-0.3, -0.25) is 4.40 Å². The van der Waals surface area contributed by atoms with E-state index in [0.717, 1.165) is 50.2 Å². The Kier molecular flexibility index (Phi) is 4.21. The lowest BCUT2D eigenvalue weighted by atomic mass is 9.20. The van der Waals surface area contributed by atoms with Gasteiger partial charge in [0.25, 0.3) is 6.71 Å². The molecule has 3 fully saturated rings. The summed E-state index contributed by atoms with van der Waals surface area (Å²) in [7, 11) is 0. The molecule has 7 heteroatoms. The largest absolute Gasteiger partial charge is 0.381 e. The summed E-state index contributed by atoms with van der Waals surface area (Å²) in [6.07, 6.45) is 14.2. The predicted octanol–water partition coefficient (Wildman–Crippen LogP) is 4.85. The van der Waals surface area contributed by atoms with Gasteiger partial charge >= 0.3 is 0 Å². The zero-order valence-corrected chi connectivity index (χ0v) is 17.6. The number of ether oxygens (including phenoxy) is 1. The van der Waals surface area contributed by atoms with Gasteiger partial charge in [-0.25, -0.2) is 15.2 Å². The van der Waals surface area contributed by atoms with Crippen LogP contribution in [0.1, 0.15) is 75.0 Å². The maximum atomic E-state index is 9.79. The van der Waals surface area contributed by atoms with Crippen molar-refractivity contribution in [3.63, 3.8) is 0 Å². The quantitative estimate of drug-likeness (QED) is 0.623. The molecule has 154 valence electrons. The third kappa shape index (κ3) is 2.66. The lowest BCUT2D eigenvalue weighted by Crippen LogP contribution is -2.45.